The van der Waals surface area contributed by atoms with Crippen molar-refractivity contribution in [3.63, 3.8) is 0 Å². The Balaban J connectivity index is 2.19. The number of nitrogens with zero attached hydrogens (tertiary/aromatic N) is 1. The van der Waals surface area contributed by atoms with Gasteiger partial charge >= 0.3 is 0 Å². The summed E-state index contributed by atoms with van der Waals surface area (Å²) >= 11 is 5.99. The summed E-state index contributed by atoms with van der Waals surface area (Å²) in [5.74, 6) is 0. The molecular weight excluding hydrogens is 308 g/mol. The monoisotopic (exact) mass is 324 g/mol. The molecule has 6 heteroatoms. The predicted molar refractivity (Wildman–Crippen MR) is 85.8 cm³/mol. The van der Waals surface area contributed by atoms with Crippen molar-refractivity contribution in [2.45, 2.75) is 11.3 Å². The standard InChI is InChI=1S/C15H17ClN2O2S/c1-18(11-10-12-6-3-2-4-7-12)21(19,20)15-13(16)8-5-9-14(15)17/h2-9H,10-11,17H2,1H3. The Kier molecular flexibility index (Phi) is 4.88. The van der Waals surface area contributed by atoms with Crippen molar-refractivity contribution in [2.75, 3.05) is 19.3 Å². The van der Waals surface area contributed by atoms with Gasteiger partial charge in [0.25, 0.3) is 0 Å². The van der Waals surface area contributed by atoms with E-state index in [4.69, 9.17) is 17.3 Å². The molecule has 0 fully saturated rings. The summed E-state index contributed by atoms with van der Waals surface area (Å²) in [4.78, 5) is -0.0257. The molecule has 0 spiro atoms. The van der Waals surface area contributed by atoms with Gasteiger partial charge in [0.2, 0.25) is 10.0 Å². The zero-order valence-corrected chi connectivity index (χ0v) is 13.2. The lowest BCUT2D eigenvalue weighted by atomic mass is 10.2. The van der Waals surface area contributed by atoms with Crippen molar-refractivity contribution in [1.82, 2.24) is 4.31 Å². The Morgan fingerprint density at radius 3 is 2.38 bits per heavy atom. The number of sulfonamides is 1. The first-order chi connectivity index (χ1) is 9.93. The first-order valence-electron chi connectivity index (χ1n) is 6.47. The molecule has 0 bridgehead atoms. The van der Waals surface area contributed by atoms with Crippen LogP contribution in [0.3, 0.4) is 0 Å². The minimum absolute atomic E-state index is 0.0257. The van der Waals surface area contributed by atoms with E-state index in [2.05, 4.69) is 0 Å². The minimum Gasteiger partial charge on any atom is -0.398 e. The fourth-order valence-electron chi connectivity index (χ4n) is 2.00. The van der Waals surface area contributed by atoms with Crippen LogP contribution in [0.2, 0.25) is 5.02 Å². The zero-order chi connectivity index (χ0) is 15.5. The van der Waals surface area contributed by atoms with E-state index in [-0.39, 0.29) is 15.6 Å². The molecule has 0 saturated heterocycles. The highest BCUT2D eigenvalue weighted by atomic mass is 35.5. The van der Waals surface area contributed by atoms with Gasteiger partial charge in [0.05, 0.1) is 10.7 Å². The molecule has 4 nitrogen and oxygen atoms in total. The number of rotatable bonds is 5. The molecule has 0 heterocycles. The van der Waals surface area contributed by atoms with Crippen molar-refractivity contribution < 1.29 is 8.42 Å². The van der Waals surface area contributed by atoms with E-state index in [1.54, 1.807) is 6.07 Å². The number of nitrogens with two attached hydrogens (primary N) is 1. The quantitative estimate of drug-likeness (QED) is 0.860. The maximum Gasteiger partial charge on any atom is 0.246 e. The van der Waals surface area contributed by atoms with E-state index in [1.807, 2.05) is 30.3 Å². The van der Waals surface area contributed by atoms with Gasteiger partial charge < -0.3 is 5.73 Å². The van der Waals surface area contributed by atoms with Gasteiger partial charge in [0.15, 0.2) is 0 Å². The first kappa shape index (κ1) is 15.8. The first-order valence-corrected chi connectivity index (χ1v) is 8.29. The van der Waals surface area contributed by atoms with Crippen molar-refractivity contribution in [2.24, 2.45) is 0 Å². The molecule has 0 saturated carbocycles. The number of halogens is 1. The summed E-state index contributed by atoms with van der Waals surface area (Å²) in [6.45, 7) is 0.358. The van der Waals surface area contributed by atoms with Gasteiger partial charge in [-0.1, -0.05) is 48.0 Å². The molecule has 0 amide bonds. The van der Waals surface area contributed by atoms with Gasteiger partial charge in [0.1, 0.15) is 4.90 Å². The van der Waals surface area contributed by atoms with Crippen LogP contribution in [-0.4, -0.2) is 26.3 Å². The molecule has 0 aromatic heterocycles. The molecule has 0 atom stereocenters. The summed E-state index contributed by atoms with van der Waals surface area (Å²) in [5.41, 5.74) is 7.00. The summed E-state index contributed by atoms with van der Waals surface area (Å²) in [6.07, 6.45) is 0.626. The molecule has 2 N–H and O–H groups in total. The van der Waals surface area contributed by atoms with Crippen molar-refractivity contribution in [3.8, 4) is 0 Å². The number of hydrogen-bond donors (Lipinski definition) is 1. The molecule has 2 aromatic rings. The van der Waals surface area contributed by atoms with Crippen LogP contribution >= 0.6 is 11.6 Å². The van der Waals surface area contributed by atoms with Gasteiger partial charge in [-0.25, -0.2) is 12.7 Å². The number of anilines is 1. The summed E-state index contributed by atoms with van der Waals surface area (Å²) < 4.78 is 26.4. The molecule has 0 unspecified atom stereocenters. The third kappa shape index (κ3) is 3.56. The highest BCUT2D eigenvalue weighted by Gasteiger charge is 2.25. The molecule has 0 radical (unpaired) electrons. The molecule has 21 heavy (non-hydrogen) atoms. The zero-order valence-electron chi connectivity index (χ0n) is 11.7. The summed E-state index contributed by atoms with van der Waals surface area (Å²) in [5, 5.41) is 0.140. The highest BCUT2D eigenvalue weighted by molar-refractivity contribution is 7.89. The van der Waals surface area contributed by atoms with Gasteiger partial charge in [-0.15, -0.1) is 0 Å². The van der Waals surface area contributed by atoms with E-state index in [1.165, 1.54) is 23.5 Å². The van der Waals surface area contributed by atoms with Crippen LogP contribution in [0.4, 0.5) is 5.69 Å². The summed E-state index contributed by atoms with van der Waals surface area (Å²) in [7, 11) is -2.17. The van der Waals surface area contributed by atoms with Crippen LogP contribution in [0.5, 0.6) is 0 Å². The van der Waals surface area contributed by atoms with Crippen LogP contribution in [0.25, 0.3) is 0 Å². The smallest absolute Gasteiger partial charge is 0.246 e. The Labute approximate surface area is 130 Å². The molecule has 2 rings (SSSR count). The van der Waals surface area contributed by atoms with Crippen LogP contribution in [-0.2, 0) is 16.4 Å². The van der Waals surface area contributed by atoms with Gasteiger partial charge in [-0.2, -0.15) is 0 Å². The van der Waals surface area contributed by atoms with E-state index in [0.717, 1.165) is 5.56 Å². The van der Waals surface area contributed by atoms with Crippen LogP contribution in [0.15, 0.2) is 53.4 Å². The van der Waals surface area contributed by atoms with Gasteiger partial charge in [-0.3, -0.25) is 0 Å². The molecule has 112 valence electrons. The molecular formula is C15H17ClN2O2S. The lowest BCUT2D eigenvalue weighted by molar-refractivity contribution is 0.473. The Hall–Kier alpha value is -1.56. The van der Waals surface area contributed by atoms with E-state index < -0.39 is 10.0 Å². The Bertz CT molecular complexity index is 697. The van der Waals surface area contributed by atoms with Crippen LogP contribution < -0.4 is 5.73 Å². The minimum atomic E-state index is -3.69. The second-order valence-corrected chi connectivity index (χ2v) is 7.11. The van der Waals surface area contributed by atoms with Crippen molar-refractivity contribution in [1.29, 1.82) is 0 Å². The van der Waals surface area contributed by atoms with Crippen LogP contribution in [0, 0.1) is 0 Å². The second-order valence-electron chi connectivity index (χ2n) is 4.72. The molecule has 0 aliphatic rings. The number of hydrogen-bond acceptors (Lipinski definition) is 3. The summed E-state index contributed by atoms with van der Waals surface area (Å²) in [6, 6.07) is 14.4. The molecule has 2 aromatic carbocycles. The number of likely N-dealkylation sites (N-methyl/N-ethyl adjacent to an activating group) is 1. The highest BCUT2D eigenvalue weighted by Crippen LogP contribution is 2.29. The van der Waals surface area contributed by atoms with E-state index in [9.17, 15) is 8.42 Å². The van der Waals surface area contributed by atoms with E-state index >= 15 is 0 Å². The fourth-order valence-corrected chi connectivity index (χ4v) is 3.80. The van der Waals surface area contributed by atoms with Crippen molar-refractivity contribution in [3.05, 3.63) is 59.1 Å². The average molecular weight is 325 g/mol. The third-order valence-corrected chi connectivity index (χ3v) is 5.63. The average Bonchev–Trinajstić information content (AvgIpc) is 2.45. The second kappa shape index (κ2) is 6.47. The molecule has 0 aliphatic carbocycles. The Morgan fingerprint density at radius 2 is 1.76 bits per heavy atom. The predicted octanol–water partition coefficient (Wildman–Crippen LogP) is 2.79. The van der Waals surface area contributed by atoms with E-state index in [0.29, 0.717) is 13.0 Å². The third-order valence-electron chi connectivity index (χ3n) is 3.22. The van der Waals surface area contributed by atoms with Gasteiger partial charge in [-0.05, 0) is 24.1 Å². The topological polar surface area (TPSA) is 63.4 Å². The largest absolute Gasteiger partial charge is 0.398 e. The van der Waals surface area contributed by atoms with Crippen LogP contribution in [0.1, 0.15) is 5.56 Å². The maximum absolute atomic E-state index is 12.6. The lowest BCUT2D eigenvalue weighted by Gasteiger charge is -2.19. The Morgan fingerprint density at radius 1 is 1.10 bits per heavy atom. The van der Waals surface area contributed by atoms with Gasteiger partial charge in [0, 0.05) is 13.6 Å². The molecule has 0 aliphatic heterocycles. The normalized spacial score (nSPS) is 11.8. The number of nitrogen functional groups attached to an aromatic ring is 1. The maximum atomic E-state index is 12.6. The van der Waals surface area contributed by atoms with Crippen molar-refractivity contribution >= 4 is 27.3 Å². The lowest BCUT2D eigenvalue weighted by Crippen LogP contribution is -2.29. The SMILES string of the molecule is CN(CCc1ccccc1)S(=O)(=O)c1c(N)cccc1Cl. The fraction of sp³-hybridized carbons (Fsp3) is 0.200. The number of benzene rings is 2.